The van der Waals surface area contributed by atoms with Gasteiger partial charge in [-0.15, -0.1) is 11.3 Å². The number of hydrogen-bond acceptors (Lipinski definition) is 6. The van der Waals surface area contributed by atoms with Crippen LogP contribution in [0.2, 0.25) is 5.02 Å². The molecule has 35 heavy (non-hydrogen) atoms. The Balaban J connectivity index is 1.37. The number of fused-ring (bicyclic) bond motifs is 2. The molecule has 3 fully saturated rings. The number of pyridine rings is 1. The number of aromatic nitrogens is 1. The third-order valence-electron chi connectivity index (χ3n) is 7.25. The molecule has 3 aliphatic rings. The van der Waals surface area contributed by atoms with E-state index in [2.05, 4.69) is 4.98 Å². The molecule has 2 amide bonds. The van der Waals surface area contributed by atoms with Gasteiger partial charge in [0.2, 0.25) is 11.8 Å². The lowest BCUT2D eigenvalue weighted by Gasteiger charge is -2.21. The number of imide groups is 1. The normalized spacial score (nSPS) is 26.1. The van der Waals surface area contributed by atoms with E-state index in [0.717, 1.165) is 38.3 Å². The van der Waals surface area contributed by atoms with Gasteiger partial charge in [-0.3, -0.25) is 24.4 Å². The number of likely N-dealkylation sites (N-methyl/N-ethyl adjacent to an activating group) is 1. The Morgan fingerprint density at radius 3 is 2.66 bits per heavy atom. The molecule has 9 heteroatoms. The summed E-state index contributed by atoms with van der Waals surface area (Å²) in [6, 6.07) is 7.51. The van der Waals surface area contributed by atoms with Crippen LogP contribution < -0.4 is 4.74 Å². The maximum absolute atomic E-state index is 14.7. The van der Waals surface area contributed by atoms with Crippen LogP contribution in [0.5, 0.6) is 5.75 Å². The van der Waals surface area contributed by atoms with Crippen molar-refractivity contribution in [3.8, 4) is 16.9 Å². The van der Waals surface area contributed by atoms with Crippen molar-refractivity contribution in [2.45, 2.75) is 39.1 Å². The number of likely N-dealkylation sites (tertiary alicyclic amines) is 2. The van der Waals surface area contributed by atoms with Crippen LogP contribution in [0.3, 0.4) is 0 Å². The summed E-state index contributed by atoms with van der Waals surface area (Å²) in [6.07, 6.45) is 0.802. The third kappa shape index (κ3) is 3.92. The molecule has 2 saturated heterocycles. The van der Waals surface area contributed by atoms with Crippen LogP contribution in [0.1, 0.15) is 23.8 Å². The molecule has 1 saturated carbocycles. The minimum Gasteiger partial charge on any atom is -0.485 e. The molecule has 182 valence electrons. The number of halogens is 2. The minimum atomic E-state index is -1.06. The van der Waals surface area contributed by atoms with Crippen molar-refractivity contribution in [3.05, 3.63) is 45.9 Å². The van der Waals surface area contributed by atoms with Gasteiger partial charge in [0, 0.05) is 40.3 Å². The Hall–Kier alpha value is -2.55. The van der Waals surface area contributed by atoms with E-state index in [0.29, 0.717) is 30.3 Å². The molecule has 6 nitrogen and oxygen atoms in total. The van der Waals surface area contributed by atoms with Gasteiger partial charge in [0.1, 0.15) is 11.9 Å². The molecule has 0 radical (unpaired) electrons. The first kappa shape index (κ1) is 22.9. The third-order valence-corrected chi connectivity index (χ3v) is 8.61. The van der Waals surface area contributed by atoms with Crippen molar-refractivity contribution >= 4 is 45.0 Å². The molecule has 2 aromatic heterocycles. The molecule has 4 heterocycles. The summed E-state index contributed by atoms with van der Waals surface area (Å²) in [5, 5.41) is 0.567. The van der Waals surface area contributed by atoms with Gasteiger partial charge < -0.3 is 4.74 Å². The molecule has 2 unspecified atom stereocenters. The lowest BCUT2D eigenvalue weighted by Crippen LogP contribution is -2.31. The Bertz CT molecular complexity index is 1340. The number of ether oxygens (including phenoxy) is 1. The lowest BCUT2D eigenvalue weighted by molar-refractivity contribution is -0.141. The van der Waals surface area contributed by atoms with E-state index in [9.17, 15) is 14.0 Å². The fourth-order valence-electron chi connectivity index (χ4n) is 5.25. The van der Waals surface area contributed by atoms with Crippen LogP contribution in [0.15, 0.2) is 30.5 Å². The number of carbonyl (C=O) groups excluding carboxylic acids is 2. The second-order valence-corrected chi connectivity index (χ2v) is 11.2. The zero-order valence-electron chi connectivity index (χ0n) is 19.5. The van der Waals surface area contributed by atoms with Crippen LogP contribution in [0.4, 0.5) is 4.39 Å². The molecule has 0 N–H and O–H groups in total. The van der Waals surface area contributed by atoms with Crippen molar-refractivity contribution in [3.63, 3.8) is 0 Å². The van der Waals surface area contributed by atoms with Gasteiger partial charge in [0.05, 0.1) is 28.6 Å². The number of hydrogen-bond donors (Lipinski definition) is 0. The molecule has 3 aromatic rings. The van der Waals surface area contributed by atoms with Crippen molar-refractivity contribution in [2.24, 2.45) is 11.8 Å². The van der Waals surface area contributed by atoms with Gasteiger partial charge in [-0.1, -0.05) is 18.5 Å². The van der Waals surface area contributed by atoms with Crippen LogP contribution in [-0.2, 0) is 16.1 Å². The van der Waals surface area contributed by atoms with Crippen LogP contribution in [-0.4, -0.2) is 58.5 Å². The number of rotatable bonds is 6. The van der Waals surface area contributed by atoms with E-state index < -0.39 is 12.3 Å². The minimum absolute atomic E-state index is 0.0646. The van der Waals surface area contributed by atoms with Gasteiger partial charge in [0.25, 0.3) is 0 Å². The quantitative estimate of drug-likeness (QED) is 0.441. The Morgan fingerprint density at radius 2 is 1.94 bits per heavy atom. The molecule has 6 rings (SSSR count). The predicted octanol–water partition coefficient (Wildman–Crippen LogP) is 4.85. The van der Waals surface area contributed by atoms with Crippen molar-refractivity contribution < 1.29 is 18.7 Å². The maximum Gasteiger partial charge on any atom is 0.233 e. The van der Waals surface area contributed by atoms with Gasteiger partial charge in [0.15, 0.2) is 6.17 Å². The first-order chi connectivity index (χ1) is 16.8. The van der Waals surface area contributed by atoms with Crippen molar-refractivity contribution in [2.75, 3.05) is 19.6 Å². The molecule has 0 bridgehead atoms. The summed E-state index contributed by atoms with van der Waals surface area (Å²) in [5.74, 6) is 0.263. The number of alkyl halides is 1. The van der Waals surface area contributed by atoms with Gasteiger partial charge >= 0.3 is 0 Å². The van der Waals surface area contributed by atoms with E-state index in [1.807, 2.05) is 43.0 Å². The van der Waals surface area contributed by atoms with Crippen LogP contribution in [0, 0.1) is 18.8 Å². The molecule has 1 aliphatic carbocycles. The van der Waals surface area contributed by atoms with E-state index in [1.54, 1.807) is 6.20 Å². The van der Waals surface area contributed by atoms with Crippen LogP contribution in [0.25, 0.3) is 21.3 Å². The standard InChI is InChI=1S/C26H25ClFN3O3S/c1-3-30-11-20(28)22(12-30)34-23-13(2)6-14(27)7-17(23)16-4-5-29-21-8-15(35-24(16)21)10-31-25(32)18-9-19(18)26(31)33/h4-8,18-20,22H,3,9-12H2,1-2H3/t18?,19?,20-,22+/m0/s1. The highest BCUT2D eigenvalue weighted by Crippen LogP contribution is 2.48. The Morgan fingerprint density at radius 1 is 1.17 bits per heavy atom. The fraction of sp³-hybridized carbons (Fsp3) is 0.423. The maximum atomic E-state index is 14.7. The first-order valence-corrected chi connectivity index (χ1v) is 13.1. The molecular weight excluding hydrogens is 489 g/mol. The summed E-state index contributed by atoms with van der Waals surface area (Å²) in [6.45, 7) is 5.88. The zero-order valence-corrected chi connectivity index (χ0v) is 21.0. The summed E-state index contributed by atoms with van der Waals surface area (Å²) >= 11 is 7.95. The van der Waals surface area contributed by atoms with E-state index in [-0.39, 0.29) is 30.2 Å². The van der Waals surface area contributed by atoms with E-state index >= 15 is 0 Å². The summed E-state index contributed by atoms with van der Waals surface area (Å²) < 4.78 is 22.0. The van der Waals surface area contributed by atoms with E-state index in [1.165, 1.54) is 16.2 Å². The van der Waals surface area contributed by atoms with Crippen LogP contribution >= 0.6 is 22.9 Å². The molecule has 2 aliphatic heterocycles. The topological polar surface area (TPSA) is 62.7 Å². The SMILES string of the molecule is CCN1C[C@H](F)[C@H](Oc2c(C)cc(Cl)cc2-c2ccnc3cc(CN4C(=O)C5CC5C4=O)sc23)C1. The van der Waals surface area contributed by atoms with E-state index in [4.69, 9.17) is 16.3 Å². The molecule has 4 atom stereocenters. The van der Waals surface area contributed by atoms with Gasteiger partial charge in [-0.25, -0.2) is 4.39 Å². The average Bonchev–Trinajstić information content (AvgIpc) is 3.31. The average molecular weight is 514 g/mol. The summed E-state index contributed by atoms with van der Waals surface area (Å²) in [5.41, 5.74) is 3.28. The largest absolute Gasteiger partial charge is 0.485 e. The monoisotopic (exact) mass is 513 g/mol. The highest BCUT2D eigenvalue weighted by atomic mass is 35.5. The number of carbonyl (C=O) groups is 2. The number of aryl methyl sites for hydroxylation is 1. The van der Waals surface area contributed by atoms with Gasteiger partial charge in [-0.05, 0) is 49.7 Å². The number of piperidine rings is 1. The van der Waals surface area contributed by atoms with Crippen molar-refractivity contribution in [1.82, 2.24) is 14.8 Å². The second kappa shape index (κ2) is 8.54. The summed E-state index contributed by atoms with van der Waals surface area (Å²) in [7, 11) is 0. The fourth-order valence-corrected chi connectivity index (χ4v) is 6.66. The van der Waals surface area contributed by atoms with Gasteiger partial charge in [-0.2, -0.15) is 0 Å². The first-order valence-electron chi connectivity index (χ1n) is 11.9. The van der Waals surface area contributed by atoms with Crippen molar-refractivity contribution in [1.29, 1.82) is 0 Å². The highest BCUT2D eigenvalue weighted by Gasteiger charge is 2.58. The molecule has 0 spiro atoms. The number of thiophene rings is 1. The lowest BCUT2D eigenvalue weighted by atomic mass is 10.0. The highest BCUT2D eigenvalue weighted by molar-refractivity contribution is 7.19. The molecular formula is C26H25ClFN3O3S. The Labute approximate surface area is 211 Å². The number of benzene rings is 1. The number of nitrogens with zero attached hydrogens (tertiary/aromatic N) is 3. The second-order valence-electron chi connectivity index (χ2n) is 9.62. The smallest absolute Gasteiger partial charge is 0.233 e. The zero-order chi connectivity index (χ0) is 24.4. The Kier molecular flexibility index (Phi) is 5.58. The predicted molar refractivity (Wildman–Crippen MR) is 133 cm³/mol. The molecule has 1 aromatic carbocycles. The summed E-state index contributed by atoms with van der Waals surface area (Å²) in [4.78, 5) is 33.7. The number of amides is 2.